The summed E-state index contributed by atoms with van der Waals surface area (Å²) in [6, 6.07) is 15.1. The number of ether oxygens (including phenoxy) is 1. The maximum atomic E-state index is 12.0. The molecule has 26 heavy (non-hydrogen) atoms. The van der Waals surface area contributed by atoms with E-state index in [4.69, 9.17) is 4.74 Å². The van der Waals surface area contributed by atoms with Crippen LogP contribution >= 0.6 is 0 Å². The van der Waals surface area contributed by atoms with E-state index in [1.165, 1.54) is 6.08 Å². The van der Waals surface area contributed by atoms with Crippen molar-refractivity contribution in [3.63, 3.8) is 0 Å². The van der Waals surface area contributed by atoms with Gasteiger partial charge in [0.05, 0.1) is 17.9 Å². The Labute approximate surface area is 150 Å². The van der Waals surface area contributed by atoms with E-state index in [9.17, 15) is 24.6 Å². The van der Waals surface area contributed by atoms with Crippen molar-refractivity contribution in [3.8, 4) is 5.75 Å². The van der Waals surface area contributed by atoms with Gasteiger partial charge in [0.15, 0.2) is 0 Å². The predicted octanol–water partition coefficient (Wildman–Crippen LogP) is 3.16. The lowest BCUT2D eigenvalue weighted by atomic mass is 9.93. The number of benzene rings is 2. The summed E-state index contributed by atoms with van der Waals surface area (Å²) < 4.78 is 5.07. The topological polar surface area (TPSA) is 101 Å². The Morgan fingerprint density at radius 2 is 1.62 bits per heavy atom. The molecule has 0 aliphatic heterocycles. The van der Waals surface area contributed by atoms with Gasteiger partial charge in [-0.15, -0.1) is 0 Å². The van der Waals surface area contributed by atoms with E-state index in [1.807, 2.05) is 6.92 Å². The first kappa shape index (κ1) is 18.9. The summed E-state index contributed by atoms with van der Waals surface area (Å²) in [5.41, 5.74) is 1.14. The van der Waals surface area contributed by atoms with E-state index in [0.717, 1.165) is 5.56 Å². The first-order chi connectivity index (χ1) is 12.4. The van der Waals surface area contributed by atoms with Crippen LogP contribution in [0.3, 0.4) is 0 Å². The minimum atomic E-state index is -1.52. The van der Waals surface area contributed by atoms with Crippen LogP contribution in [0.1, 0.15) is 17.5 Å². The van der Waals surface area contributed by atoms with Gasteiger partial charge in [0.1, 0.15) is 5.75 Å². The van der Waals surface area contributed by atoms with Crippen LogP contribution in [0.5, 0.6) is 5.75 Å². The molecule has 0 spiro atoms. The van der Waals surface area contributed by atoms with Gasteiger partial charge < -0.3 is 14.9 Å². The maximum absolute atomic E-state index is 12.0. The molecule has 2 aromatic rings. The van der Waals surface area contributed by atoms with Crippen LogP contribution in [-0.2, 0) is 14.4 Å². The number of hydrogen-bond donors (Lipinski definition) is 2. The van der Waals surface area contributed by atoms with Gasteiger partial charge in [-0.3, -0.25) is 9.59 Å². The molecule has 0 aliphatic rings. The molecule has 6 heteroatoms. The standard InChI is InChI=1S/C20H18O6/c1-13-7-9-14(10-8-13)11-16(19(22)23)17(20(24)25)12-18(21)26-15-5-3-2-4-6-15/h2-11,17H,12H2,1H3,(H,22,23)(H,24,25). The Bertz CT molecular complexity index is 821. The van der Waals surface area contributed by atoms with Crippen LogP contribution in [0, 0.1) is 12.8 Å². The summed E-state index contributed by atoms with van der Waals surface area (Å²) in [6.07, 6.45) is 0.671. The molecule has 0 aromatic heterocycles. The van der Waals surface area contributed by atoms with Gasteiger partial charge in [-0.1, -0.05) is 48.0 Å². The second-order valence-corrected chi connectivity index (χ2v) is 5.70. The largest absolute Gasteiger partial charge is 0.481 e. The maximum Gasteiger partial charge on any atom is 0.332 e. The van der Waals surface area contributed by atoms with E-state index in [1.54, 1.807) is 54.6 Å². The first-order valence-electron chi connectivity index (χ1n) is 7.87. The molecular weight excluding hydrogens is 336 g/mol. The zero-order chi connectivity index (χ0) is 19.1. The Morgan fingerprint density at radius 1 is 1.00 bits per heavy atom. The van der Waals surface area contributed by atoms with E-state index in [-0.39, 0.29) is 11.3 Å². The summed E-state index contributed by atoms with van der Waals surface area (Å²) in [7, 11) is 0. The summed E-state index contributed by atoms with van der Waals surface area (Å²) >= 11 is 0. The molecule has 1 unspecified atom stereocenters. The number of carboxylic acid groups (broad SMARTS) is 2. The van der Waals surface area contributed by atoms with E-state index in [0.29, 0.717) is 5.56 Å². The molecule has 6 nitrogen and oxygen atoms in total. The molecule has 0 saturated heterocycles. The van der Waals surface area contributed by atoms with E-state index in [2.05, 4.69) is 0 Å². The molecule has 2 aromatic carbocycles. The van der Waals surface area contributed by atoms with Crippen molar-refractivity contribution >= 4 is 24.0 Å². The van der Waals surface area contributed by atoms with Crippen LogP contribution in [0.25, 0.3) is 6.08 Å². The number of carbonyl (C=O) groups is 3. The van der Waals surface area contributed by atoms with Crippen molar-refractivity contribution in [1.82, 2.24) is 0 Å². The Kier molecular flexibility index (Phi) is 6.27. The third kappa shape index (κ3) is 5.31. The molecule has 2 N–H and O–H groups in total. The van der Waals surface area contributed by atoms with E-state index < -0.39 is 30.2 Å². The van der Waals surface area contributed by atoms with Crippen LogP contribution in [0.2, 0.25) is 0 Å². The van der Waals surface area contributed by atoms with Crippen molar-refractivity contribution in [2.45, 2.75) is 13.3 Å². The number of esters is 1. The van der Waals surface area contributed by atoms with E-state index >= 15 is 0 Å². The van der Waals surface area contributed by atoms with Gasteiger partial charge in [-0.25, -0.2) is 4.79 Å². The predicted molar refractivity (Wildman–Crippen MR) is 94.6 cm³/mol. The van der Waals surface area contributed by atoms with Crippen molar-refractivity contribution in [1.29, 1.82) is 0 Å². The fourth-order valence-corrected chi connectivity index (χ4v) is 2.31. The van der Waals surface area contributed by atoms with Crippen molar-refractivity contribution in [3.05, 3.63) is 71.3 Å². The molecule has 2 rings (SSSR count). The monoisotopic (exact) mass is 354 g/mol. The SMILES string of the molecule is Cc1ccc(C=C(C(=O)O)C(CC(=O)Oc2ccccc2)C(=O)O)cc1. The molecule has 0 radical (unpaired) electrons. The van der Waals surface area contributed by atoms with Gasteiger partial charge in [-0.05, 0) is 30.7 Å². The van der Waals surface area contributed by atoms with Crippen LogP contribution in [-0.4, -0.2) is 28.1 Å². The number of rotatable bonds is 7. The van der Waals surface area contributed by atoms with Crippen molar-refractivity contribution < 1.29 is 29.3 Å². The number of carboxylic acids is 2. The molecule has 1 atom stereocenters. The van der Waals surface area contributed by atoms with Crippen LogP contribution < -0.4 is 4.74 Å². The number of para-hydroxylation sites is 1. The van der Waals surface area contributed by atoms with Gasteiger partial charge in [0.25, 0.3) is 0 Å². The van der Waals surface area contributed by atoms with Gasteiger partial charge in [0.2, 0.25) is 0 Å². The van der Waals surface area contributed by atoms with Gasteiger partial charge >= 0.3 is 17.9 Å². The lowest BCUT2D eigenvalue weighted by molar-refractivity contribution is -0.147. The van der Waals surface area contributed by atoms with Crippen LogP contribution in [0.4, 0.5) is 0 Å². The number of aliphatic carboxylic acids is 2. The fraction of sp³-hybridized carbons (Fsp3) is 0.150. The van der Waals surface area contributed by atoms with Crippen molar-refractivity contribution in [2.24, 2.45) is 5.92 Å². The number of hydrogen-bond acceptors (Lipinski definition) is 4. The van der Waals surface area contributed by atoms with Gasteiger partial charge in [0, 0.05) is 0 Å². The Balaban J connectivity index is 2.24. The molecular formula is C20H18O6. The molecule has 0 amide bonds. The quantitative estimate of drug-likeness (QED) is 0.450. The molecule has 0 aliphatic carbocycles. The van der Waals surface area contributed by atoms with Gasteiger partial charge in [-0.2, -0.15) is 0 Å². The number of carbonyl (C=O) groups excluding carboxylic acids is 1. The summed E-state index contributed by atoms with van der Waals surface area (Å²) in [5, 5.41) is 18.8. The zero-order valence-corrected chi connectivity index (χ0v) is 14.1. The third-order valence-corrected chi connectivity index (χ3v) is 3.67. The van der Waals surface area contributed by atoms with Crippen LogP contribution in [0.15, 0.2) is 60.2 Å². The highest BCUT2D eigenvalue weighted by Gasteiger charge is 2.30. The molecule has 0 heterocycles. The van der Waals surface area contributed by atoms with Crippen molar-refractivity contribution in [2.75, 3.05) is 0 Å². The fourth-order valence-electron chi connectivity index (χ4n) is 2.31. The second kappa shape index (κ2) is 8.62. The average Bonchev–Trinajstić information content (AvgIpc) is 2.60. The highest BCUT2D eigenvalue weighted by atomic mass is 16.5. The average molecular weight is 354 g/mol. The minimum Gasteiger partial charge on any atom is -0.481 e. The smallest absolute Gasteiger partial charge is 0.332 e. The summed E-state index contributed by atoms with van der Waals surface area (Å²) in [6.45, 7) is 1.88. The third-order valence-electron chi connectivity index (χ3n) is 3.67. The lowest BCUT2D eigenvalue weighted by Gasteiger charge is -2.13. The highest BCUT2D eigenvalue weighted by Crippen LogP contribution is 2.22. The molecule has 0 bridgehead atoms. The Morgan fingerprint density at radius 3 is 2.15 bits per heavy atom. The first-order valence-corrected chi connectivity index (χ1v) is 7.87. The lowest BCUT2D eigenvalue weighted by Crippen LogP contribution is -2.26. The molecule has 0 fully saturated rings. The minimum absolute atomic E-state index is 0.265. The second-order valence-electron chi connectivity index (χ2n) is 5.70. The summed E-state index contributed by atoms with van der Waals surface area (Å²) in [5.74, 6) is -4.88. The molecule has 134 valence electrons. The zero-order valence-electron chi connectivity index (χ0n) is 14.1. The highest BCUT2D eigenvalue weighted by molar-refractivity contribution is 5.99. The normalized spacial score (nSPS) is 12.3. The molecule has 0 saturated carbocycles. The summed E-state index contributed by atoms with van der Waals surface area (Å²) in [4.78, 5) is 35.2. The Hall–Kier alpha value is -3.41. The number of aryl methyl sites for hydroxylation is 1.